The lowest BCUT2D eigenvalue weighted by atomic mass is 9.94. The molecule has 100 valence electrons. The Morgan fingerprint density at radius 2 is 1.89 bits per heavy atom. The van der Waals surface area contributed by atoms with Crippen molar-refractivity contribution in [3.05, 3.63) is 58.9 Å². The van der Waals surface area contributed by atoms with E-state index in [0.717, 1.165) is 11.3 Å². The SMILES string of the molecule is COc1cc(Cl)ccc1C(Br)C(C)c1ccncc1. The number of hydrogen-bond donors (Lipinski definition) is 0. The Hall–Kier alpha value is -1.06. The van der Waals surface area contributed by atoms with Crippen LogP contribution in [0, 0.1) is 0 Å². The summed E-state index contributed by atoms with van der Waals surface area (Å²) < 4.78 is 5.41. The van der Waals surface area contributed by atoms with E-state index in [4.69, 9.17) is 16.3 Å². The first-order valence-corrected chi connectivity index (χ1v) is 7.30. The minimum atomic E-state index is 0.155. The fraction of sp³-hybridized carbons (Fsp3) is 0.267. The van der Waals surface area contributed by atoms with E-state index in [1.165, 1.54) is 5.56 Å². The molecule has 0 fully saturated rings. The number of benzene rings is 1. The summed E-state index contributed by atoms with van der Waals surface area (Å²) in [7, 11) is 1.66. The van der Waals surface area contributed by atoms with E-state index in [1.807, 2.05) is 42.7 Å². The van der Waals surface area contributed by atoms with Gasteiger partial charge in [-0.2, -0.15) is 0 Å². The Kier molecular flexibility index (Phi) is 4.83. The Bertz CT molecular complexity index is 547. The van der Waals surface area contributed by atoms with Gasteiger partial charge in [0.25, 0.3) is 0 Å². The second kappa shape index (κ2) is 6.40. The largest absolute Gasteiger partial charge is 0.496 e. The lowest BCUT2D eigenvalue weighted by Gasteiger charge is -2.21. The number of hydrogen-bond acceptors (Lipinski definition) is 2. The maximum absolute atomic E-state index is 5.99. The highest BCUT2D eigenvalue weighted by Gasteiger charge is 2.21. The van der Waals surface area contributed by atoms with Gasteiger partial charge in [-0.05, 0) is 35.7 Å². The van der Waals surface area contributed by atoms with Crippen LogP contribution in [-0.4, -0.2) is 12.1 Å². The van der Waals surface area contributed by atoms with Gasteiger partial charge in [-0.1, -0.05) is 40.5 Å². The molecule has 2 nitrogen and oxygen atoms in total. The van der Waals surface area contributed by atoms with Gasteiger partial charge in [0.05, 0.1) is 7.11 Å². The number of ether oxygens (including phenoxy) is 1. The van der Waals surface area contributed by atoms with Crippen LogP contribution in [-0.2, 0) is 0 Å². The number of nitrogens with zero attached hydrogens (tertiary/aromatic N) is 1. The molecule has 4 heteroatoms. The van der Waals surface area contributed by atoms with Crippen LogP contribution in [0.4, 0.5) is 0 Å². The van der Waals surface area contributed by atoms with Gasteiger partial charge >= 0.3 is 0 Å². The zero-order valence-electron chi connectivity index (χ0n) is 10.8. The quantitative estimate of drug-likeness (QED) is 0.732. The van der Waals surface area contributed by atoms with E-state index in [2.05, 4.69) is 27.8 Å². The number of aromatic nitrogens is 1. The number of halogens is 2. The second-order valence-electron chi connectivity index (χ2n) is 4.36. The molecule has 1 heterocycles. The predicted molar refractivity (Wildman–Crippen MR) is 82.3 cm³/mol. The van der Waals surface area contributed by atoms with E-state index in [9.17, 15) is 0 Å². The van der Waals surface area contributed by atoms with Crippen LogP contribution >= 0.6 is 27.5 Å². The highest BCUT2D eigenvalue weighted by Crippen LogP contribution is 2.42. The number of alkyl halides is 1. The van der Waals surface area contributed by atoms with Crippen molar-refractivity contribution in [2.45, 2.75) is 17.7 Å². The van der Waals surface area contributed by atoms with Crippen LogP contribution < -0.4 is 4.74 Å². The van der Waals surface area contributed by atoms with Gasteiger partial charge in [0.2, 0.25) is 0 Å². The van der Waals surface area contributed by atoms with E-state index in [1.54, 1.807) is 7.11 Å². The molecular weight excluding hydrogens is 326 g/mol. The maximum atomic E-state index is 5.99. The van der Waals surface area contributed by atoms with Crippen LogP contribution in [0.3, 0.4) is 0 Å². The van der Waals surface area contributed by atoms with Crippen molar-refractivity contribution in [1.82, 2.24) is 4.98 Å². The van der Waals surface area contributed by atoms with Crippen LogP contribution in [0.25, 0.3) is 0 Å². The van der Waals surface area contributed by atoms with Crippen molar-refractivity contribution >= 4 is 27.5 Å². The Morgan fingerprint density at radius 1 is 1.21 bits per heavy atom. The molecule has 2 unspecified atom stereocenters. The van der Waals surface area contributed by atoms with Crippen molar-refractivity contribution in [3.63, 3.8) is 0 Å². The van der Waals surface area contributed by atoms with Gasteiger partial charge < -0.3 is 4.74 Å². The van der Waals surface area contributed by atoms with Gasteiger partial charge in [-0.3, -0.25) is 4.98 Å². The van der Waals surface area contributed by atoms with E-state index in [0.29, 0.717) is 10.9 Å². The van der Waals surface area contributed by atoms with Crippen molar-refractivity contribution < 1.29 is 4.74 Å². The highest BCUT2D eigenvalue weighted by molar-refractivity contribution is 9.09. The Morgan fingerprint density at radius 3 is 2.53 bits per heavy atom. The van der Waals surface area contributed by atoms with Crippen molar-refractivity contribution in [3.8, 4) is 5.75 Å². The molecule has 0 saturated carbocycles. The summed E-state index contributed by atoms with van der Waals surface area (Å²) in [6.45, 7) is 2.17. The summed E-state index contributed by atoms with van der Waals surface area (Å²) in [5.74, 6) is 1.10. The molecule has 2 rings (SSSR count). The zero-order chi connectivity index (χ0) is 13.8. The summed E-state index contributed by atoms with van der Waals surface area (Å²) in [6.07, 6.45) is 3.62. The molecule has 0 spiro atoms. The van der Waals surface area contributed by atoms with E-state index >= 15 is 0 Å². The standard InChI is InChI=1S/C15H15BrClNO/c1-10(11-5-7-18-8-6-11)15(16)13-4-3-12(17)9-14(13)19-2/h3-10,15H,1-2H3. The summed E-state index contributed by atoms with van der Waals surface area (Å²) in [4.78, 5) is 4.20. The monoisotopic (exact) mass is 339 g/mol. The zero-order valence-corrected chi connectivity index (χ0v) is 13.1. The average molecular weight is 341 g/mol. The molecule has 0 amide bonds. The fourth-order valence-corrected chi connectivity index (χ4v) is 2.86. The molecule has 19 heavy (non-hydrogen) atoms. The van der Waals surface area contributed by atoms with Gasteiger partial charge in [-0.25, -0.2) is 0 Å². The van der Waals surface area contributed by atoms with Gasteiger partial charge in [0, 0.05) is 27.8 Å². The maximum Gasteiger partial charge on any atom is 0.124 e. The summed E-state index contributed by atoms with van der Waals surface area (Å²) in [5.41, 5.74) is 2.32. The Balaban J connectivity index is 2.31. The fourth-order valence-electron chi connectivity index (χ4n) is 2.02. The average Bonchev–Trinajstić information content (AvgIpc) is 2.46. The second-order valence-corrected chi connectivity index (χ2v) is 5.78. The third-order valence-electron chi connectivity index (χ3n) is 3.16. The lowest BCUT2D eigenvalue weighted by molar-refractivity contribution is 0.408. The molecule has 0 aliphatic carbocycles. The number of rotatable bonds is 4. The molecule has 0 aliphatic rings. The third kappa shape index (κ3) is 3.28. The molecular formula is C15H15BrClNO. The summed E-state index contributed by atoms with van der Waals surface area (Å²) >= 11 is 9.75. The number of pyridine rings is 1. The van der Waals surface area contributed by atoms with E-state index in [-0.39, 0.29) is 4.83 Å². The van der Waals surface area contributed by atoms with Gasteiger partial charge in [0.15, 0.2) is 0 Å². The highest BCUT2D eigenvalue weighted by atomic mass is 79.9. The van der Waals surface area contributed by atoms with Crippen molar-refractivity contribution in [2.75, 3.05) is 7.11 Å². The summed E-state index contributed by atoms with van der Waals surface area (Å²) in [6, 6.07) is 9.78. The molecule has 1 aromatic heterocycles. The van der Waals surface area contributed by atoms with Crippen LogP contribution in [0.2, 0.25) is 5.02 Å². The van der Waals surface area contributed by atoms with E-state index < -0.39 is 0 Å². The first-order valence-electron chi connectivity index (χ1n) is 6.01. The molecule has 0 saturated heterocycles. The topological polar surface area (TPSA) is 22.1 Å². The van der Waals surface area contributed by atoms with Gasteiger partial charge in [0.1, 0.15) is 5.75 Å². The molecule has 0 radical (unpaired) electrons. The molecule has 2 aromatic rings. The van der Waals surface area contributed by atoms with Crippen LogP contribution in [0.1, 0.15) is 28.8 Å². The normalized spacial score (nSPS) is 13.9. The third-order valence-corrected chi connectivity index (χ3v) is 4.68. The molecule has 0 bridgehead atoms. The first kappa shape index (κ1) is 14.4. The molecule has 1 aromatic carbocycles. The summed E-state index contributed by atoms with van der Waals surface area (Å²) in [5, 5.41) is 0.678. The van der Waals surface area contributed by atoms with Crippen molar-refractivity contribution in [2.24, 2.45) is 0 Å². The number of methoxy groups -OCH3 is 1. The molecule has 0 N–H and O–H groups in total. The smallest absolute Gasteiger partial charge is 0.124 e. The minimum absolute atomic E-state index is 0.155. The van der Waals surface area contributed by atoms with Gasteiger partial charge in [-0.15, -0.1) is 0 Å². The predicted octanol–water partition coefficient (Wildman–Crippen LogP) is 4.98. The lowest BCUT2D eigenvalue weighted by Crippen LogP contribution is -2.04. The Labute approximate surface area is 126 Å². The first-order chi connectivity index (χ1) is 9.13. The van der Waals surface area contributed by atoms with Crippen LogP contribution in [0.15, 0.2) is 42.7 Å². The van der Waals surface area contributed by atoms with Crippen LogP contribution in [0.5, 0.6) is 5.75 Å². The molecule has 0 aliphatic heterocycles. The molecule has 2 atom stereocenters. The minimum Gasteiger partial charge on any atom is -0.496 e. The van der Waals surface area contributed by atoms with Crippen molar-refractivity contribution in [1.29, 1.82) is 0 Å².